The van der Waals surface area contributed by atoms with Crippen LogP contribution in [0.4, 0.5) is 0 Å². The van der Waals surface area contributed by atoms with Gasteiger partial charge in [-0.05, 0) is 50.5 Å². The van der Waals surface area contributed by atoms with Crippen molar-refractivity contribution in [2.45, 2.75) is 39.3 Å². The molecule has 3 N–H and O–H groups in total. The van der Waals surface area contributed by atoms with Crippen LogP contribution in [0.3, 0.4) is 0 Å². The van der Waals surface area contributed by atoms with Crippen LogP contribution in [-0.2, 0) is 13.0 Å². The van der Waals surface area contributed by atoms with E-state index >= 15 is 0 Å². The van der Waals surface area contributed by atoms with Crippen LogP contribution in [0.2, 0.25) is 0 Å². The Balaban J connectivity index is 1.80. The van der Waals surface area contributed by atoms with E-state index < -0.39 is 0 Å². The molecule has 0 aliphatic rings. The maximum atomic E-state index is 9.82. The molecule has 2 aromatic rings. The lowest BCUT2D eigenvalue weighted by atomic mass is 10.1. The first kappa shape index (κ1) is 15.4. The van der Waals surface area contributed by atoms with Gasteiger partial charge in [-0.25, -0.2) is 0 Å². The van der Waals surface area contributed by atoms with Crippen LogP contribution < -0.4 is 5.32 Å². The quantitative estimate of drug-likeness (QED) is 0.761. The van der Waals surface area contributed by atoms with Crippen molar-refractivity contribution in [3.63, 3.8) is 0 Å². The second kappa shape index (κ2) is 7.14. The molecule has 0 bridgehead atoms. The van der Waals surface area contributed by atoms with Gasteiger partial charge >= 0.3 is 0 Å². The molecule has 0 saturated carbocycles. The molecule has 112 valence electrons. The van der Waals surface area contributed by atoms with Crippen molar-refractivity contribution < 1.29 is 10.2 Å². The molecule has 1 unspecified atom stereocenters. The lowest BCUT2D eigenvalue weighted by Gasteiger charge is -2.15. The fraction of sp³-hybridized carbons (Fsp3) is 0.333. The van der Waals surface area contributed by atoms with E-state index in [-0.39, 0.29) is 0 Å². The van der Waals surface area contributed by atoms with Crippen LogP contribution in [0.25, 0.3) is 0 Å². The number of phenolic OH excluding ortho intramolecular Hbond substituents is 2. The van der Waals surface area contributed by atoms with Gasteiger partial charge in [0.1, 0.15) is 11.5 Å². The van der Waals surface area contributed by atoms with Gasteiger partial charge in [0.15, 0.2) is 0 Å². The maximum absolute atomic E-state index is 9.82. The number of hydrogen-bond donors (Lipinski definition) is 3. The summed E-state index contributed by atoms with van der Waals surface area (Å²) < 4.78 is 0. The van der Waals surface area contributed by atoms with Gasteiger partial charge in [0.05, 0.1) is 0 Å². The summed E-state index contributed by atoms with van der Waals surface area (Å²) in [5, 5.41) is 22.5. The topological polar surface area (TPSA) is 52.5 Å². The van der Waals surface area contributed by atoms with Crippen LogP contribution in [-0.4, -0.2) is 16.3 Å². The third-order valence-corrected chi connectivity index (χ3v) is 3.68. The molecule has 2 aromatic carbocycles. The van der Waals surface area contributed by atoms with Crippen LogP contribution in [0.1, 0.15) is 30.0 Å². The first-order chi connectivity index (χ1) is 10.0. The van der Waals surface area contributed by atoms with E-state index in [1.165, 1.54) is 5.56 Å². The predicted octanol–water partition coefficient (Wildman–Crippen LogP) is 3.52. The SMILES string of the molecule is Cc1ccc(O)c(CNC(C)CCc2ccc(O)cc2)c1. The molecule has 0 heterocycles. The number of benzene rings is 2. The summed E-state index contributed by atoms with van der Waals surface area (Å²) in [6.07, 6.45) is 1.98. The Labute approximate surface area is 126 Å². The molecule has 0 amide bonds. The van der Waals surface area contributed by atoms with Crippen molar-refractivity contribution in [2.75, 3.05) is 0 Å². The van der Waals surface area contributed by atoms with Crippen molar-refractivity contribution >= 4 is 0 Å². The normalized spacial score (nSPS) is 12.3. The van der Waals surface area contributed by atoms with Gasteiger partial charge in [0.2, 0.25) is 0 Å². The third kappa shape index (κ3) is 4.80. The summed E-state index contributed by atoms with van der Waals surface area (Å²) in [6, 6.07) is 13.4. The highest BCUT2D eigenvalue weighted by atomic mass is 16.3. The van der Waals surface area contributed by atoms with Crippen LogP contribution in [0, 0.1) is 6.92 Å². The lowest BCUT2D eigenvalue weighted by Crippen LogP contribution is -2.26. The molecule has 0 aliphatic carbocycles. The molecule has 0 aliphatic heterocycles. The molecule has 0 radical (unpaired) electrons. The molecule has 1 atom stereocenters. The molecule has 21 heavy (non-hydrogen) atoms. The minimum atomic E-state index is 0.305. The smallest absolute Gasteiger partial charge is 0.120 e. The van der Waals surface area contributed by atoms with Crippen molar-refractivity contribution in [3.8, 4) is 11.5 Å². The van der Waals surface area contributed by atoms with Gasteiger partial charge in [-0.1, -0.05) is 29.8 Å². The van der Waals surface area contributed by atoms with Gasteiger partial charge < -0.3 is 15.5 Å². The van der Waals surface area contributed by atoms with Crippen molar-refractivity contribution in [3.05, 3.63) is 59.2 Å². The molecule has 3 heteroatoms. The van der Waals surface area contributed by atoms with Crippen molar-refractivity contribution in [1.29, 1.82) is 0 Å². The largest absolute Gasteiger partial charge is 0.508 e. The first-order valence-electron chi connectivity index (χ1n) is 7.34. The Morgan fingerprint density at radius 3 is 2.48 bits per heavy atom. The Kier molecular flexibility index (Phi) is 5.23. The van der Waals surface area contributed by atoms with E-state index in [9.17, 15) is 10.2 Å². The molecular weight excluding hydrogens is 262 g/mol. The highest BCUT2D eigenvalue weighted by molar-refractivity contribution is 5.35. The zero-order chi connectivity index (χ0) is 15.2. The van der Waals surface area contributed by atoms with E-state index in [1.807, 2.05) is 31.2 Å². The Hall–Kier alpha value is -2.00. The van der Waals surface area contributed by atoms with E-state index in [0.29, 0.717) is 24.1 Å². The van der Waals surface area contributed by atoms with Gasteiger partial charge in [0.25, 0.3) is 0 Å². The van der Waals surface area contributed by atoms with E-state index in [1.54, 1.807) is 18.2 Å². The Morgan fingerprint density at radius 2 is 1.76 bits per heavy atom. The maximum Gasteiger partial charge on any atom is 0.120 e. The summed E-state index contributed by atoms with van der Waals surface area (Å²) in [5.74, 6) is 0.652. The molecule has 0 aromatic heterocycles. The number of aromatic hydroxyl groups is 2. The molecular formula is C18H23NO2. The summed E-state index contributed by atoms with van der Waals surface area (Å²) in [5.41, 5.74) is 3.31. The zero-order valence-corrected chi connectivity index (χ0v) is 12.6. The van der Waals surface area contributed by atoms with Gasteiger partial charge in [0, 0.05) is 18.2 Å². The highest BCUT2D eigenvalue weighted by Gasteiger charge is 2.05. The molecule has 0 spiro atoms. The summed E-state index contributed by atoms with van der Waals surface area (Å²) in [6.45, 7) is 4.84. The van der Waals surface area contributed by atoms with Crippen LogP contribution >= 0.6 is 0 Å². The van der Waals surface area contributed by atoms with Crippen molar-refractivity contribution in [1.82, 2.24) is 5.32 Å². The first-order valence-corrected chi connectivity index (χ1v) is 7.34. The lowest BCUT2D eigenvalue weighted by molar-refractivity contribution is 0.455. The average Bonchev–Trinajstić information content (AvgIpc) is 2.47. The summed E-state index contributed by atoms with van der Waals surface area (Å²) >= 11 is 0. The highest BCUT2D eigenvalue weighted by Crippen LogP contribution is 2.18. The number of aryl methyl sites for hydroxylation is 2. The fourth-order valence-electron chi connectivity index (χ4n) is 2.29. The monoisotopic (exact) mass is 285 g/mol. The zero-order valence-electron chi connectivity index (χ0n) is 12.6. The number of rotatable bonds is 6. The summed E-state index contributed by atoms with van der Waals surface area (Å²) in [4.78, 5) is 0. The van der Waals surface area contributed by atoms with E-state index in [2.05, 4.69) is 12.2 Å². The Bertz CT molecular complexity index is 578. The molecule has 3 nitrogen and oxygen atoms in total. The average molecular weight is 285 g/mol. The second-order valence-corrected chi connectivity index (χ2v) is 5.62. The van der Waals surface area contributed by atoms with E-state index in [0.717, 1.165) is 24.0 Å². The molecule has 2 rings (SSSR count). The number of nitrogens with one attached hydrogen (secondary N) is 1. The third-order valence-electron chi connectivity index (χ3n) is 3.68. The fourth-order valence-corrected chi connectivity index (χ4v) is 2.29. The number of hydrogen-bond acceptors (Lipinski definition) is 3. The molecule has 0 fully saturated rings. The second-order valence-electron chi connectivity index (χ2n) is 5.62. The van der Waals surface area contributed by atoms with Gasteiger partial charge in [-0.3, -0.25) is 0 Å². The minimum absolute atomic E-state index is 0.305. The van der Waals surface area contributed by atoms with E-state index in [4.69, 9.17) is 0 Å². The van der Waals surface area contributed by atoms with Gasteiger partial charge in [-0.2, -0.15) is 0 Å². The predicted molar refractivity (Wildman–Crippen MR) is 85.6 cm³/mol. The van der Waals surface area contributed by atoms with Crippen molar-refractivity contribution in [2.24, 2.45) is 0 Å². The molecule has 0 saturated heterocycles. The minimum Gasteiger partial charge on any atom is -0.508 e. The standard InChI is InChI=1S/C18H23NO2/c1-13-3-10-18(21)16(11-13)12-19-14(2)4-5-15-6-8-17(20)9-7-15/h3,6-11,14,19-21H,4-5,12H2,1-2H3. The summed E-state index contributed by atoms with van der Waals surface area (Å²) in [7, 11) is 0. The van der Waals surface area contributed by atoms with Crippen LogP contribution in [0.15, 0.2) is 42.5 Å². The number of phenols is 2. The Morgan fingerprint density at radius 1 is 1.05 bits per heavy atom. The van der Waals surface area contributed by atoms with Gasteiger partial charge in [-0.15, -0.1) is 0 Å². The van der Waals surface area contributed by atoms with Crippen LogP contribution in [0.5, 0.6) is 11.5 Å².